The van der Waals surface area contributed by atoms with Crippen LogP contribution in [0.25, 0.3) is 11.0 Å². The number of alkyl halides is 2. The molecule has 1 aliphatic rings. The highest BCUT2D eigenvalue weighted by Gasteiger charge is 2.43. The van der Waals surface area contributed by atoms with Crippen molar-refractivity contribution in [2.24, 2.45) is 0 Å². The number of nitrogens with one attached hydrogen (secondary N) is 1. The van der Waals surface area contributed by atoms with Gasteiger partial charge in [-0.3, -0.25) is 15.4 Å². The number of furan rings is 1. The number of carbonyl (C=O) groups is 1. The van der Waals surface area contributed by atoms with E-state index in [1.54, 1.807) is 0 Å². The summed E-state index contributed by atoms with van der Waals surface area (Å²) in [6, 6.07) is 3.81. The minimum absolute atomic E-state index is 0.0363. The Morgan fingerprint density at radius 1 is 1.31 bits per heavy atom. The van der Waals surface area contributed by atoms with Crippen molar-refractivity contribution in [1.82, 2.24) is 5.16 Å². The van der Waals surface area contributed by atoms with Crippen LogP contribution in [-0.4, -0.2) is 22.6 Å². The first-order valence-corrected chi connectivity index (χ1v) is 7.26. The van der Waals surface area contributed by atoms with E-state index in [0.717, 1.165) is 0 Å². The standard InChI is InChI=1S/C15H10F2N2O7/c1-6(26-21)8-5-18-25-14(8)19-13(20)12-3-7-2-10-11(4-9(7)22-12)24-15(16,17)23-10/h2-6,21H,1H3,(H,19,20). The van der Waals surface area contributed by atoms with Gasteiger partial charge in [0, 0.05) is 11.5 Å². The smallest absolute Gasteiger partial charge is 0.451 e. The summed E-state index contributed by atoms with van der Waals surface area (Å²) < 4.78 is 45.1. The molecule has 1 atom stereocenters. The van der Waals surface area contributed by atoms with Gasteiger partial charge in [-0.15, -0.1) is 8.78 Å². The maximum Gasteiger partial charge on any atom is 0.586 e. The molecule has 1 aliphatic heterocycles. The highest BCUT2D eigenvalue weighted by molar-refractivity contribution is 6.04. The Labute approximate surface area is 142 Å². The molecule has 0 saturated heterocycles. The molecule has 0 fully saturated rings. The number of halogens is 2. The van der Waals surface area contributed by atoms with Crippen molar-refractivity contribution in [2.45, 2.75) is 19.3 Å². The summed E-state index contributed by atoms with van der Waals surface area (Å²) in [7, 11) is 0. The number of hydrogen-bond acceptors (Lipinski definition) is 8. The summed E-state index contributed by atoms with van der Waals surface area (Å²) in [5.41, 5.74) is 0.458. The van der Waals surface area contributed by atoms with Gasteiger partial charge in [0.1, 0.15) is 11.7 Å². The van der Waals surface area contributed by atoms with Crippen LogP contribution in [0, 0.1) is 0 Å². The van der Waals surface area contributed by atoms with E-state index < -0.39 is 18.3 Å². The summed E-state index contributed by atoms with van der Waals surface area (Å²) in [6.07, 6.45) is -3.25. The molecule has 0 spiro atoms. The van der Waals surface area contributed by atoms with Crippen molar-refractivity contribution >= 4 is 22.8 Å². The van der Waals surface area contributed by atoms with Crippen LogP contribution in [0.5, 0.6) is 11.5 Å². The highest BCUT2D eigenvalue weighted by atomic mass is 19.3. The second-order valence-electron chi connectivity index (χ2n) is 5.43. The fourth-order valence-corrected chi connectivity index (χ4v) is 2.45. The van der Waals surface area contributed by atoms with E-state index in [0.29, 0.717) is 10.9 Å². The predicted octanol–water partition coefficient (Wildman–Crippen LogP) is 3.55. The Hall–Kier alpha value is -3.18. The number of carbonyl (C=O) groups excluding carboxylic acids is 1. The summed E-state index contributed by atoms with van der Waals surface area (Å²) >= 11 is 0. The lowest BCUT2D eigenvalue weighted by Crippen LogP contribution is -2.25. The van der Waals surface area contributed by atoms with Gasteiger partial charge < -0.3 is 18.4 Å². The van der Waals surface area contributed by atoms with Gasteiger partial charge in [-0.2, -0.15) is 0 Å². The third kappa shape index (κ3) is 2.72. The van der Waals surface area contributed by atoms with Crippen LogP contribution in [0.1, 0.15) is 29.1 Å². The Morgan fingerprint density at radius 2 is 2.04 bits per heavy atom. The zero-order valence-corrected chi connectivity index (χ0v) is 13.0. The molecule has 0 bridgehead atoms. The van der Waals surface area contributed by atoms with Gasteiger partial charge >= 0.3 is 6.29 Å². The molecule has 3 heterocycles. The topological polar surface area (TPSA) is 116 Å². The van der Waals surface area contributed by atoms with E-state index >= 15 is 0 Å². The van der Waals surface area contributed by atoms with Gasteiger partial charge in [-0.25, -0.2) is 4.89 Å². The number of rotatable bonds is 4. The summed E-state index contributed by atoms with van der Waals surface area (Å²) in [5.74, 6) is -1.20. The maximum absolute atomic E-state index is 13.1. The molecule has 0 aliphatic carbocycles. The van der Waals surface area contributed by atoms with Crippen molar-refractivity contribution in [3.63, 3.8) is 0 Å². The van der Waals surface area contributed by atoms with Crippen LogP contribution in [0.3, 0.4) is 0 Å². The number of hydrogen-bond donors (Lipinski definition) is 2. The quantitative estimate of drug-likeness (QED) is 0.531. The lowest BCUT2D eigenvalue weighted by Gasteiger charge is -2.06. The van der Waals surface area contributed by atoms with Crippen molar-refractivity contribution in [2.75, 3.05) is 5.32 Å². The molecule has 136 valence electrons. The Morgan fingerprint density at radius 3 is 2.77 bits per heavy atom. The number of ether oxygens (including phenoxy) is 2. The molecule has 0 radical (unpaired) electrons. The Balaban J connectivity index is 1.60. The molecule has 3 aromatic rings. The van der Waals surface area contributed by atoms with E-state index in [4.69, 9.17) is 14.2 Å². The molecular formula is C15H10F2N2O7. The second-order valence-corrected chi connectivity index (χ2v) is 5.43. The van der Waals surface area contributed by atoms with Gasteiger partial charge in [0.05, 0.1) is 11.8 Å². The van der Waals surface area contributed by atoms with Crippen LogP contribution < -0.4 is 14.8 Å². The van der Waals surface area contributed by atoms with E-state index in [1.165, 1.54) is 31.3 Å². The monoisotopic (exact) mass is 368 g/mol. The number of nitrogens with zero attached hydrogens (tertiary/aromatic N) is 1. The number of amides is 1. The molecule has 26 heavy (non-hydrogen) atoms. The first-order valence-electron chi connectivity index (χ1n) is 7.26. The van der Waals surface area contributed by atoms with E-state index in [2.05, 4.69) is 24.8 Å². The van der Waals surface area contributed by atoms with E-state index in [1.807, 2.05) is 0 Å². The third-order valence-electron chi connectivity index (χ3n) is 3.69. The zero-order valence-electron chi connectivity index (χ0n) is 13.0. The van der Waals surface area contributed by atoms with Crippen LogP contribution in [0.2, 0.25) is 0 Å². The van der Waals surface area contributed by atoms with E-state index in [-0.39, 0.29) is 28.7 Å². The molecular weight excluding hydrogens is 358 g/mol. The number of anilines is 1. The molecule has 1 unspecified atom stereocenters. The lowest BCUT2D eigenvalue weighted by atomic mass is 10.2. The first kappa shape index (κ1) is 16.3. The van der Waals surface area contributed by atoms with Gasteiger partial charge in [0.25, 0.3) is 5.91 Å². The highest BCUT2D eigenvalue weighted by Crippen LogP contribution is 2.43. The Bertz CT molecular complexity index is 952. The molecule has 1 aromatic carbocycles. The fraction of sp³-hybridized carbons (Fsp3) is 0.200. The van der Waals surface area contributed by atoms with Gasteiger partial charge in [0.15, 0.2) is 17.3 Å². The largest absolute Gasteiger partial charge is 0.586 e. The van der Waals surface area contributed by atoms with Crippen molar-refractivity contribution in [3.8, 4) is 11.5 Å². The first-order chi connectivity index (χ1) is 12.4. The minimum atomic E-state index is -3.74. The van der Waals surface area contributed by atoms with Crippen LogP contribution in [0.15, 0.2) is 33.3 Å². The maximum atomic E-state index is 13.1. The number of benzene rings is 1. The van der Waals surface area contributed by atoms with Crippen molar-refractivity contribution in [3.05, 3.63) is 35.7 Å². The molecule has 2 aromatic heterocycles. The second kappa shape index (κ2) is 5.68. The zero-order chi connectivity index (χ0) is 18.5. The van der Waals surface area contributed by atoms with Crippen LogP contribution in [0.4, 0.5) is 14.7 Å². The normalized spacial score (nSPS) is 16.0. The Kier molecular flexibility index (Phi) is 3.56. The number of fused-ring (bicyclic) bond motifs is 2. The van der Waals surface area contributed by atoms with Crippen LogP contribution >= 0.6 is 0 Å². The molecule has 0 saturated carbocycles. The average Bonchev–Trinajstić information content (AvgIpc) is 3.26. The van der Waals surface area contributed by atoms with Gasteiger partial charge in [0.2, 0.25) is 5.88 Å². The third-order valence-corrected chi connectivity index (χ3v) is 3.69. The van der Waals surface area contributed by atoms with Gasteiger partial charge in [-0.05, 0) is 19.1 Å². The fourth-order valence-electron chi connectivity index (χ4n) is 2.45. The molecule has 1 amide bonds. The predicted molar refractivity (Wildman–Crippen MR) is 79.0 cm³/mol. The van der Waals surface area contributed by atoms with Crippen LogP contribution in [-0.2, 0) is 4.89 Å². The molecule has 4 rings (SSSR count). The molecule has 9 nitrogen and oxygen atoms in total. The van der Waals surface area contributed by atoms with Gasteiger partial charge in [-0.1, -0.05) is 5.16 Å². The van der Waals surface area contributed by atoms with Crippen molar-refractivity contribution in [1.29, 1.82) is 0 Å². The van der Waals surface area contributed by atoms with E-state index in [9.17, 15) is 13.6 Å². The summed E-state index contributed by atoms with van der Waals surface area (Å²) in [6.45, 7) is 1.51. The summed E-state index contributed by atoms with van der Waals surface area (Å²) in [4.78, 5) is 16.5. The lowest BCUT2D eigenvalue weighted by molar-refractivity contribution is -0.286. The minimum Gasteiger partial charge on any atom is -0.451 e. The van der Waals surface area contributed by atoms with Crippen molar-refractivity contribution < 1.29 is 42.1 Å². The molecule has 11 heteroatoms. The molecule has 2 N–H and O–H groups in total. The average molecular weight is 368 g/mol. The SMILES string of the molecule is CC(OO)c1cnoc1NC(=O)c1cc2cc3c(cc2o1)OC(F)(F)O3. The number of aromatic nitrogens is 1. The summed E-state index contributed by atoms with van der Waals surface area (Å²) in [5, 5.41) is 15.0.